The highest BCUT2D eigenvalue weighted by atomic mass is 32.2. The number of rotatable bonds is 7. The topological polar surface area (TPSA) is 66.5 Å². The summed E-state index contributed by atoms with van der Waals surface area (Å²) in [5.74, 6) is -0.376. The highest BCUT2D eigenvalue weighted by Gasteiger charge is 2.28. The van der Waals surface area contributed by atoms with Crippen LogP contribution in [0.25, 0.3) is 0 Å². The number of sulfonamides is 1. The average molecular weight is 437 g/mol. The van der Waals surface area contributed by atoms with Crippen molar-refractivity contribution in [2.75, 3.05) is 11.9 Å². The molecule has 3 rings (SSSR count). The van der Waals surface area contributed by atoms with Crippen LogP contribution >= 0.6 is 0 Å². The third-order valence-electron chi connectivity index (χ3n) is 5.36. The molecular weight excluding hydrogens is 408 g/mol. The van der Waals surface area contributed by atoms with Crippen molar-refractivity contribution in [3.63, 3.8) is 0 Å². The minimum absolute atomic E-state index is 0.108. The Hall–Kier alpha value is -2.96. The summed E-state index contributed by atoms with van der Waals surface area (Å²) in [6, 6.07) is 20.3. The van der Waals surface area contributed by atoms with E-state index in [1.54, 1.807) is 19.1 Å². The number of carbonyl (C=O) groups excluding carboxylic acids is 1. The molecule has 0 spiro atoms. The zero-order valence-corrected chi connectivity index (χ0v) is 19.2. The summed E-state index contributed by atoms with van der Waals surface area (Å²) in [5, 5.41) is 2.87. The van der Waals surface area contributed by atoms with Gasteiger partial charge in [-0.05, 0) is 67.6 Å². The Morgan fingerprint density at radius 2 is 1.58 bits per heavy atom. The fourth-order valence-electron chi connectivity index (χ4n) is 3.37. The first kappa shape index (κ1) is 22.7. The highest BCUT2D eigenvalue weighted by Crippen LogP contribution is 2.24. The summed E-state index contributed by atoms with van der Waals surface area (Å²) in [6.45, 7) is 7.35. The minimum Gasteiger partial charge on any atom is -0.325 e. The van der Waals surface area contributed by atoms with Gasteiger partial charge in [0.15, 0.2) is 0 Å². The highest BCUT2D eigenvalue weighted by molar-refractivity contribution is 7.89. The lowest BCUT2D eigenvalue weighted by Crippen LogP contribution is -2.38. The van der Waals surface area contributed by atoms with Crippen molar-refractivity contribution in [3.8, 4) is 0 Å². The molecule has 1 amide bonds. The average Bonchev–Trinajstić information content (AvgIpc) is 2.73. The summed E-state index contributed by atoms with van der Waals surface area (Å²) in [7, 11) is -3.89. The van der Waals surface area contributed by atoms with E-state index >= 15 is 0 Å². The van der Waals surface area contributed by atoms with Gasteiger partial charge in [0.1, 0.15) is 0 Å². The van der Waals surface area contributed by atoms with Gasteiger partial charge >= 0.3 is 0 Å². The van der Waals surface area contributed by atoms with Crippen molar-refractivity contribution in [2.45, 2.75) is 39.1 Å². The van der Waals surface area contributed by atoms with Crippen LogP contribution in [0.2, 0.25) is 0 Å². The van der Waals surface area contributed by atoms with Gasteiger partial charge in [-0.1, -0.05) is 54.6 Å². The number of aryl methyl sites for hydroxylation is 3. The fraction of sp³-hybridized carbons (Fsp3) is 0.240. The molecule has 31 heavy (non-hydrogen) atoms. The van der Waals surface area contributed by atoms with Crippen molar-refractivity contribution in [1.82, 2.24) is 4.31 Å². The van der Waals surface area contributed by atoms with Crippen LogP contribution in [0.5, 0.6) is 0 Å². The van der Waals surface area contributed by atoms with Crippen molar-refractivity contribution < 1.29 is 13.2 Å². The maximum Gasteiger partial charge on any atom is 0.244 e. The van der Waals surface area contributed by atoms with Crippen LogP contribution in [0.1, 0.15) is 27.8 Å². The van der Waals surface area contributed by atoms with E-state index in [1.165, 1.54) is 4.31 Å². The van der Waals surface area contributed by atoms with E-state index < -0.39 is 10.0 Å². The van der Waals surface area contributed by atoms with Gasteiger partial charge in [-0.2, -0.15) is 4.31 Å². The minimum atomic E-state index is -3.89. The quantitative estimate of drug-likeness (QED) is 0.581. The van der Waals surface area contributed by atoms with Crippen molar-refractivity contribution >= 4 is 21.6 Å². The molecule has 0 unspecified atom stereocenters. The number of anilines is 1. The van der Waals surface area contributed by atoms with E-state index in [-0.39, 0.29) is 23.9 Å². The van der Waals surface area contributed by atoms with E-state index in [2.05, 4.69) is 5.32 Å². The lowest BCUT2D eigenvalue weighted by Gasteiger charge is -2.23. The predicted octanol–water partition coefficient (Wildman–Crippen LogP) is 4.75. The van der Waals surface area contributed by atoms with Crippen molar-refractivity contribution in [3.05, 3.63) is 94.5 Å². The van der Waals surface area contributed by atoms with Gasteiger partial charge in [-0.15, -0.1) is 0 Å². The maximum atomic E-state index is 13.6. The van der Waals surface area contributed by atoms with Crippen LogP contribution in [0.4, 0.5) is 5.69 Å². The standard InChI is InChI=1S/C25H28N2O3S/c1-18-13-14-20(3)24(15-18)31(29,30)27(16-22-10-6-5-7-11-22)17-25(28)26-23-12-8-9-19(2)21(23)4/h5-15H,16-17H2,1-4H3,(H,26,28). The monoisotopic (exact) mass is 436 g/mol. The molecule has 0 bridgehead atoms. The number of nitrogens with zero attached hydrogens (tertiary/aromatic N) is 1. The lowest BCUT2D eigenvalue weighted by molar-refractivity contribution is -0.116. The molecule has 0 fully saturated rings. The number of nitrogens with one attached hydrogen (secondary N) is 1. The van der Waals surface area contributed by atoms with Crippen LogP contribution in [-0.4, -0.2) is 25.2 Å². The second-order valence-corrected chi connectivity index (χ2v) is 9.73. The molecule has 0 aliphatic carbocycles. The number of carbonyl (C=O) groups is 1. The second kappa shape index (κ2) is 9.45. The number of benzene rings is 3. The van der Waals surface area contributed by atoms with Crippen molar-refractivity contribution in [2.24, 2.45) is 0 Å². The molecule has 6 heteroatoms. The Morgan fingerprint density at radius 3 is 2.29 bits per heavy atom. The molecule has 1 N–H and O–H groups in total. The van der Waals surface area contributed by atoms with E-state index in [0.29, 0.717) is 11.3 Å². The largest absolute Gasteiger partial charge is 0.325 e. The zero-order valence-electron chi connectivity index (χ0n) is 18.3. The summed E-state index contributed by atoms with van der Waals surface area (Å²) in [5.41, 5.74) is 5.02. The Kier molecular flexibility index (Phi) is 6.93. The smallest absolute Gasteiger partial charge is 0.244 e. The molecule has 0 saturated carbocycles. The molecule has 0 heterocycles. The Labute approximate surface area is 184 Å². The van der Waals surface area contributed by atoms with Gasteiger partial charge in [0.2, 0.25) is 15.9 Å². The molecule has 3 aromatic carbocycles. The SMILES string of the molecule is Cc1ccc(C)c(S(=O)(=O)N(CC(=O)Nc2cccc(C)c2C)Cc2ccccc2)c1. The van der Waals surface area contributed by atoms with Crippen LogP contribution < -0.4 is 5.32 Å². The third kappa shape index (κ3) is 5.40. The lowest BCUT2D eigenvalue weighted by atomic mass is 10.1. The van der Waals surface area contributed by atoms with Crippen LogP contribution in [0.3, 0.4) is 0 Å². The van der Waals surface area contributed by atoms with Gasteiger partial charge in [0.25, 0.3) is 0 Å². The molecule has 0 saturated heterocycles. The molecule has 162 valence electrons. The summed E-state index contributed by atoms with van der Waals surface area (Å²) >= 11 is 0. The Bertz CT molecular complexity index is 1190. The van der Waals surface area contributed by atoms with Gasteiger partial charge in [0.05, 0.1) is 11.4 Å². The fourth-order valence-corrected chi connectivity index (χ4v) is 5.07. The number of hydrogen-bond donors (Lipinski definition) is 1. The summed E-state index contributed by atoms with van der Waals surface area (Å²) in [6.07, 6.45) is 0. The number of hydrogen-bond acceptors (Lipinski definition) is 3. The zero-order chi connectivity index (χ0) is 22.6. The molecule has 0 aliphatic rings. The van der Waals surface area contributed by atoms with Crippen LogP contribution in [-0.2, 0) is 21.4 Å². The van der Waals surface area contributed by atoms with E-state index in [1.807, 2.05) is 75.4 Å². The number of amides is 1. The van der Waals surface area contributed by atoms with Gasteiger partial charge in [0, 0.05) is 12.2 Å². The molecular formula is C25H28N2O3S. The molecule has 0 atom stereocenters. The first-order chi connectivity index (χ1) is 14.7. The molecule has 0 aliphatic heterocycles. The van der Waals surface area contributed by atoms with Gasteiger partial charge < -0.3 is 5.32 Å². The van der Waals surface area contributed by atoms with Gasteiger partial charge in [-0.3, -0.25) is 4.79 Å². The molecule has 0 aromatic heterocycles. The predicted molar refractivity (Wildman–Crippen MR) is 124 cm³/mol. The van der Waals surface area contributed by atoms with Crippen LogP contribution in [0, 0.1) is 27.7 Å². The molecule has 3 aromatic rings. The van der Waals surface area contributed by atoms with E-state index in [0.717, 1.165) is 22.3 Å². The third-order valence-corrected chi connectivity index (χ3v) is 7.30. The normalized spacial score (nSPS) is 11.5. The Morgan fingerprint density at radius 1 is 0.871 bits per heavy atom. The van der Waals surface area contributed by atoms with Gasteiger partial charge in [-0.25, -0.2) is 8.42 Å². The first-order valence-electron chi connectivity index (χ1n) is 10.2. The van der Waals surface area contributed by atoms with E-state index in [4.69, 9.17) is 0 Å². The molecule has 5 nitrogen and oxygen atoms in total. The van der Waals surface area contributed by atoms with Crippen LogP contribution in [0.15, 0.2) is 71.6 Å². The van der Waals surface area contributed by atoms with Crippen molar-refractivity contribution in [1.29, 1.82) is 0 Å². The maximum absolute atomic E-state index is 13.6. The first-order valence-corrected chi connectivity index (χ1v) is 11.6. The second-order valence-electron chi connectivity index (χ2n) is 7.82. The Balaban J connectivity index is 1.93. The summed E-state index contributed by atoms with van der Waals surface area (Å²) in [4.78, 5) is 13.1. The van der Waals surface area contributed by atoms with E-state index in [9.17, 15) is 13.2 Å². The molecule has 0 radical (unpaired) electrons. The summed E-state index contributed by atoms with van der Waals surface area (Å²) < 4.78 is 28.4.